The molecule has 2 radical (unpaired) electrons. The fourth-order valence-corrected chi connectivity index (χ4v) is 4.82. The van der Waals surface area contributed by atoms with Gasteiger partial charge in [-0.1, -0.05) is 0 Å². The Morgan fingerprint density at radius 3 is 1.87 bits per heavy atom. The molecule has 0 saturated carbocycles. The van der Waals surface area contributed by atoms with Crippen LogP contribution < -0.4 is 0 Å². The Labute approximate surface area is 107 Å². The molecule has 0 bridgehead atoms. The van der Waals surface area contributed by atoms with Crippen molar-refractivity contribution in [1.82, 2.24) is 0 Å². The Bertz CT molecular complexity index is 109. The molecular weight excluding hydrogens is 291 g/mol. The molecule has 0 N–H and O–H groups in total. The summed E-state index contributed by atoms with van der Waals surface area (Å²) in [6.07, 6.45) is 10.9. The second-order valence-electron chi connectivity index (χ2n) is 4.30. The standard InChI is InChI=1S/C9H19.C4H9O.Sn/c1-3-5-7-9-8-6-4-2;1-2-3-4-5;/h9H,3-8H2,1-2H3;2-4H2,1H3;/q;-1;+1. The van der Waals surface area contributed by atoms with Crippen molar-refractivity contribution in [2.75, 3.05) is 6.61 Å². The molecule has 0 aromatic rings. The first-order valence-electron chi connectivity index (χ1n) is 6.72. The molecule has 0 aromatic heterocycles. The van der Waals surface area contributed by atoms with Gasteiger partial charge in [-0.05, 0) is 0 Å². The number of hydrogen-bond acceptors (Lipinski definition) is 1. The van der Waals surface area contributed by atoms with Crippen LogP contribution in [0.2, 0.25) is 3.93 Å². The van der Waals surface area contributed by atoms with E-state index >= 15 is 0 Å². The van der Waals surface area contributed by atoms with Crippen molar-refractivity contribution in [3.63, 3.8) is 0 Å². The van der Waals surface area contributed by atoms with E-state index in [0.29, 0.717) is 0 Å². The molecule has 0 aliphatic rings. The first-order valence-corrected chi connectivity index (χ1v) is 9.53. The number of rotatable bonds is 11. The summed E-state index contributed by atoms with van der Waals surface area (Å²) in [5, 5.41) is 0. The van der Waals surface area contributed by atoms with Gasteiger partial charge in [-0.2, -0.15) is 0 Å². The minimum atomic E-state index is -0.512. The quantitative estimate of drug-likeness (QED) is 0.400. The first kappa shape index (κ1) is 15.8. The Kier molecular flexibility index (Phi) is 13.5. The van der Waals surface area contributed by atoms with Crippen molar-refractivity contribution in [2.24, 2.45) is 0 Å². The van der Waals surface area contributed by atoms with Crippen LogP contribution in [0.5, 0.6) is 0 Å². The predicted octanol–water partition coefficient (Wildman–Crippen LogP) is 4.59. The van der Waals surface area contributed by atoms with E-state index in [1.54, 1.807) is 0 Å². The Hall–Kier alpha value is 0.759. The minimum absolute atomic E-state index is 0.512. The zero-order chi connectivity index (χ0) is 11.4. The van der Waals surface area contributed by atoms with Gasteiger partial charge < -0.3 is 0 Å². The molecule has 0 aliphatic carbocycles. The van der Waals surface area contributed by atoms with Crippen LogP contribution in [0.3, 0.4) is 0 Å². The second kappa shape index (κ2) is 12.8. The van der Waals surface area contributed by atoms with E-state index in [1.807, 2.05) is 0 Å². The summed E-state index contributed by atoms with van der Waals surface area (Å²) >= 11 is -0.512. The molecule has 2 heteroatoms. The van der Waals surface area contributed by atoms with Crippen molar-refractivity contribution in [1.29, 1.82) is 0 Å². The van der Waals surface area contributed by atoms with Crippen LogP contribution >= 0.6 is 0 Å². The Morgan fingerprint density at radius 1 is 0.867 bits per heavy atom. The van der Waals surface area contributed by atoms with Crippen molar-refractivity contribution in [2.45, 2.75) is 76.1 Å². The monoisotopic (exact) mass is 320 g/mol. The molecule has 0 amide bonds. The number of hydrogen-bond donors (Lipinski definition) is 0. The third-order valence-electron chi connectivity index (χ3n) is 2.66. The van der Waals surface area contributed by atoms with E-state index in [2.05, 4.69) is 20.8 Å². The summed E-state index contributed by atoms with van der Waals surface area (Å²) in [5.41, 5.74) is 0. The average molecular weight is 319 g/mol. The van der Waals surface area contributed by atoms with Gasteiger partial charge in [0.05, 0.1) is 0 Å². The molecule has 0 aromatic carbocycles. The van der Waals surface area contributed by atoms with Gasteiger partial charge in [-0.3, -0.25) is 0 Å². The molecule has 0 aliphatic heterocycles. The molecule has 0 spiro atoms. The molecule has 90 valence electrons. The molecule has 0 rings (SSSR count). The molecule has 0 fully saturated rings. The second-order valence-corrected chi connectivity index (χ2v) is 8.13. The summed E-state index contributed by atoms with van der Waals surface area (Å²) in [6.45, 7) is 7.86. The van der Waals surface area contributed by atoms with E-state index < -0.39 is 21.6 Å². The van der Waals surface area contributed by atoms with Gasteiger partial charge >= 0.3 is 107 Å². The Balaban J connectivity index is 3.49. The SMILES string of the molecule is CCCC[O][Sn][CH](CCCC)CCCC. The van der Waals surface area contributed by atoms with Gasteiger partial charge in [0.15, 0.2) is 0 Å². The van der Waals surface area contributed by atoms with Crippen molar-refractivity contribution >= 4 is 21.6 Å². The average Bonchev–Trinajstić information content (AvgIpc) is 2.27. The van der Waals surface area contributed by atoms with Gasteiger partial charge in [0, 0.05) is 0 Å². The summed E-state index contributed by atoms with van der Waals surface area (Å²) < 4.78 is 6.89. The van der Waals surface area contributed by atoms with E-state index in [9.17, 15) is 0 Å². The number of unbranched alkanes of at least 4 members (excludes halogenated alkanes) is 3. The maximum absolute atomic E-state index is 5.90. The van der Waals surface area contributed by atoms with E-state index in [4.69, 9.17) is 3.07 Å². The summed E-state index contributed by atoms with van der Waals surface area (Å²) in [6, 6.07) is 0. The fourth-order valence-electron chi connectivity index (χ4n) is 1.56. The predicted molar refractivity (Wildman–Crippen MR) is 69.4 cm³/mol. The third-order valence-corrected chi connectivity index (χ3v) is 6.32. The van der Waals surface area contributed by atoms with Gasteiger partial charge in [-0.15, -0.1) is 0 Å². The van der Waals surface area contributed by atoms with Crippen LogP contribution in [0.25, 0.3) is 0 Å². The van der Waals surface area contributed by atoms with E-state index in [1.165, 1.54) is 51.4 Å². The molecule has 15 heavy (non-hydrogen) atoms. The van der Waals surface area contributed by atoms with Crippen molar-refractivity contribution in [3.8, 4) is 0 Å². The van der Waals surface area contributed by atoms with Gasteiger partial charge in [0.25, 0.3) is 0 Å². The van der Waals surface area contributed by atoms with Gasteiger partial charge in [-0.25, -0.2) is 0 Å². The van der Waals surface area contributed by atoms with Crippen LogP contribution in [-0.4, -0.2) is 28.2 Å². The summed E-state index contributed by atoms with van der Waals surface area (Å²) in [7, 11) is 0. The fraction of sp³-hybridized carbons (Fsp3) is 1.00. The van der Waals surface area contributed by atoms with Gasteiger partial charge in [0.2, 0.25) is 0 Å². The zero-order valence-electron chi connectivity index (χ0n) is 10.8. The topological polar surface area (TPSA) is 9.23 Å². The summed E-state index contributed by atoms with van der Waals surface area (Å²) in [5.74, 6) is 0. The van der Waals surface area contributed by atoms with Crippen LogP contribution in [-0.2, 0) is 3.07 Å². The molecule has 0 heterocycles. The van der Waals surface area contributed by atoms with Gasteiger partial charge in [0.1, 0.15) is 0 Å². The Morgan fingerprint density at radius 2 is 1.40 bits per heavy atom. The normalized spacial score (nSPS) is 11.2. The zero-order valence-corrected chi connectivity index (χ0v) is 13.7. The van der Waals surface area contributed by atoms with E-state index in [-0.39, 0.29) is 0 Å². The molecule has 0 unspecified atom stereocenters. The van der Waals surface area contributed by atoms with Crippen molar-refractivity contribution in [3.05, 3.63) is 0 Å². The van der Waals surface area contributed by atoms with Crippen LogP contribution in [0, 0.1) is 0 Å². The maximum atomic E-state index is 5.90. The van der Waals surface area contributed by atoms with Crippen LogP contribution in [0.4, 0.5) is 0 Å². The molecule has 1 nitrogen and oxygen atoms in total. The molecular formula is C13H28OSn. The van der Waals surface area contributed by atoms with Crippen molar-refractivity contribution < 1.29 is 3.07 Å². The molecule has 0 atom stereocenters. The summed E-state index contributed by atoms with van der Waals surface area (Å²) in [4.78, 5) is 0. The van der Waals surface area contributed by atoms with Crippen LogP contribution in [0.15, 0.2) is 0 Å². The van der Waals surface area contributed by atoms with E-state index in [0.717, 1.165) is 10.5 Å². The molecule has 0 saturated heterocycles. The van der Waals surface area contributed by atoms with Crippen LogP contribution in [0.1, 0.15) is 72.1 Å². The third kappa shape index (κ3) is 11.0. The first-order chi connectivity index (χ1) is 7.35.